The minimum Gasteiger partial charge on any atom is -0.388 e. The van der Waals surface area contributed by atoms with Crippen molar-refractivity contribution in [2.75, 3.05) is 5.75 Å². The number of nitrogens with two attached hydrogens (primary N) is 1. The van der Waals surface area contributed by atoms with E-state index in [1.54, 1.807) is 18.0 Å². The summed E-state index contributed by atoms with van der Waals surface area (Å²) < 4.78 is 0. The van der Waals surface area contributed by atoms with Crippen molar-refractivity contribution in [1.82, 2.24) is 9.97 Å². The largest absolute Gasteiger partial charge is 0.388 e. The molecule has 0 amide bonds. The van der Waals surface area contributed by atoms with Gasteiger partial charge in [0.2, 0.25) is 0 Å². The Bertz CT molecular complexity index is 327. The molecule has 15 heavy (non-hydrogen) atoms. The zero-order valence-corrected chi connectivity index (χ0v) is 9.68. The molecule has 0 spiro atoms. The van der Waals surface area contributed by atoms with E-state index in [2.05, 4.69) is 9.97 Å². The molecule has 0 saturated heterocycles. The highest BCUT2D eigenvalue weighted by molar-refractivity contribution is 7.99. The average Bonchev–Trinajstić information content (AvgIpc) is 2.17. The molecule has 0 saturated carbocycles. The van der Waals surface area contributed by atoms with Crippen LogP contribution in [0.1, 0.15) is 25.0 Å². The Morgan fingerprint density at radius 1 is 1.53 bits per heavy atom. The predicted octanol–water partition coefficient (Wildman–Crippen LogP) is 1.98. The summed E-state index contributed by atoms with van der Waals surface area (Å²) in [5, 5.41) is 7.90. The van der Waals surface area contributed by atoms with Crippen LogP contribution < -0.4 is 5.73 Å². The lowest BCUT2D eigenvalue weighted by molar-refractivity contribution is 0.832. The van der Waals surface area contributed by atoms with Crippen LogP contribution in [0.5, 0.6) is 0 Å². The quantitative estimate of drug-likeness (QED) is 0.255. The van der Waals surface area contributed by atoms with E-state index in [0.29, 0.717) is 6.42 Å². The number of aromatic nitrogens is 2. The predicted molar refractivity (Wildman–Crippen MR) is 63.3 cm³/mol. The zero-order valence-electron chi connectivity index (χ0n) is 8.86. The van der Waals surface area contributed by atoms with Gasteiger partial charge in [-0.25, -0.2) is 9.97 Å². The van der Waals surface area contributed by atoms with Gasteiger partial charge in [0.05, 0.1) is 5.84 Å². The van der Waals surface area contributed by atoms with Gasteiger partial charge >= 0.3 is 0 Å². The number of unbranched alkanes of at least 4 members (excludes halogenated alkanes) is 1. The fourth-order valence-corrected chi connectivity index (χ4v) is 1.95. The molecule has 0 bridgehead atoms. The second kappa shape index (κ2) is 6.40. The molecule has 0 aliphatic rings. The SMILES string of the molecule is Cc1ccnc(SCCCCC(=N)N)n1. The van der Waals surface area contributed by atoms with Gasteiger partial charge in [0, 0.05) is 24.1 Å². The second-order valence-corrected chi connectivity index (χ2v) is 4.37. The standard InChI is InChI=1S/C10H16N4S/c1-8-5-6-13-10(14-8)15-7-3-2-4-9(11)12/h5-6H,2-4,7H2,1H3,(H3,11,12). The lowest BCUT2D eigenvalue weighted by Gasteiger charge is -2.00. The molecule has 4 nitrogen and oxygen atoms in total. The number of aryl methyl sites for hydroxylation is 1. The van der Waals surface area contributed by atoms with Gasteiger partial charge < -0.3 is 5.73 Å². The molecule has 0 aliphatic heterocycles. The van der Waals surface area contributed by atoms with Crippen LogP contribution >= 0.6 is 11.8 Å². The van der Waals surface area contributed by atoms with Crippen molar-refractivity contribution in [3.8, 4) is 0 Å². The molecule has 1 rings (SSSR count). The summed E-state index contributed by atoms with van der Waals surface area (Å²) in [5.74, 6) is 1.25. The Balaban J connectivity index is 2.17. The minimum atomic E-state index is 0.270. The molecule has 0 radical (unpaired) electrons. The number of rotatable bonds is 6. The zero-order chi connectivity index (χ0) is 11.1. The third kappa shape index (κ3) is 5.37. The van der Waals surface area contributed by atoms with Gasteiger partial charge in [-0.2, -0.15) is 0 Å². The van der Waals surface area contributed by atoms with Crippen molar-refractivity contribution in [2.45, 2.75) is 31.3 Å². The second-order valence-electron chi connectivity index (χ2n) is 3.31. The number of nitrogens with zero attached hydrogens (tertiary/aromatic N) is 2. The van der Waals surface area contributed by atoms with Gasteiger partial charge in [-0.3, -0.25) is 5.41 Å². The maximum atomic E-state index is 7.07. The first-order chi connectivity index (χ1) is 7.18. The molecule has 1 heterocycles. The van der Waals surface area contributed by atoms with Crippen LogP contribution in [0.25, 0.3) is 0 Å². The van der Waals surface area contributed by atoms with Gasteiger partial charge in [-0.1, -0.05) is 11.8 Å². The molecule has 1 aromatic heterocycles. The Labute approximate surface area is 94.2 Å². The monoisotopic (exact) mass is 224 g/mol. The number of amidine groups is 1. The molecule has 0 atom stereocenters. The lowest BCUT2D eigenvalue weighted by atomic mass is 10.2. The molecule has 0 unspecified atom stereocenters. The normalized spacial score (nSPS) is 10.2. The topological polar surface area (TPSA) is 75.7 Å². The minimum absolute atomic E-state index is 0.270. The first-order valence-electron chi connectivity index (χ1n) is 4.94. The summed E-state index contributed by atoms with van der Waals surface area (Å²) in [7, 11) is 0. The third-order valence-corrected chi connectivity index (χ3v) is 2.79. The number of hydrogen-bond acceptors (Lipinski definition) is 4. The van der Waals surface area contributed by atoms with E-state index in [0.717, 1.165) is 29.4 Å². The van der Waals surface area contributed by atoms with E-state index in [1.165, 1.54) is 0 Å². The van der Waals surface area contributed by atoms with Crippen molar-refractivity contribution < 1.29 is 0 Å². The number of nitrogens with one attached hydrogen (secondary N) is 1. The summed E-state index contributed by atoms with van der Waals surface area (Å²) in [6, 6.07) is 1.89. The lowest BCUT2D eigenvalue weighted by Crippen LogP contribution is -2.08. The number of hydrogen-bond donors (Lipinski definition) is 2. The summed E-state index contributed by atoms with van der Waals surface area (Å²) in [6.45, 7) is 1.96. The van der Waals surface area contributed by atoms with Crippen molar-refractivity contribution in [3.05, 3.63) is 18.0 Å². The van der Waals surface area contributed by atoms with Crippen LogP contribution in [0.4, 0.5) is 0 Å². The molecular formula is C10H16N4S. The molecule has 5 heteroatoms. The van der Waals surface area contributed by atoms with Crippen LogP contribution in [0.3, 0.4) is 0 Å². The van der Waals surface area contributed by atoms with Gasteiger partial charge in [0.25, 0.3) is 0 Å². The van der Waals surface area contributed by atoms with E-state index in [-0.39, 0.29) is 5.84 Å². The highest BCUT2D eigenvalue weighted by Gasteiger charge is 1.97. The maximum Gasteiger partial charge on any atom is 0.187 e. The van der Waals surface area contributed by atoms with Gasteiger partial charge in [0.15, 0.2) is 5.16 Å². The number of thioether (sulfide) groups is 1. The summed E-state index contributed by atoms with van der Waals surface area (Å²) in [4.78, 5) is 8.45. The first-order valence-corrected chi connectivity index (χ1v) is 5.92. The molecule has 0 aromatic carbocycles. The molecule has 0 fully saturated rings. The van der Waals surface area contributed by atoms with Gasteiger partial charge in [-0.05, 0) is 25.8 Å². The van der Waals surface area contributed by atoms with Crippen molar-refractivity contribution in [3.63, 3.8) is 0 Å². The summed E-state index contributed by atoms with van der Waals surface area (Å²) in [6.07, 6.45) is 4.48. The summed E-state index contributed by atoms with van der Waals surface area (Å²) >= 11 is 1.65. The van der Waals surface area contributed by atoms with E-state index in [1.807, 2.05) is 13.0 Å². The molecule has 82 valence electrons. The van der Waals surface area contributed by atoms with E-state index in [9.17, 15) is 0 Å². The van der Waals surface area contributed by atoms with E-state index in [4.69, 9.17) is 11.1 Å². The average molecular weight is 224 g/mol. The van der Waals surface area contributed by atoms with Crippen LogP contribution in [0.2, 0.25) is 0 Å². The Morgan fingerprint density at radius 2 is 2.33 bits per heavy atom. The maximum absolute atomic E-state index is 7.07. The smallest absolute Gasteiger partial charge is 0.187 e. The van der Waals surface area contributed by atoms with Crippen LogP contribution in [0.15, 0.2) is 17.4 Å². The molecule has 3 N–H and O–H groups in total. The van der Waals surface area contributed by atoms with Crippen molar-refractivity contribution in [2.24, 2.45) is 5.73 Å². The Kier molecular flexibility index (Phi) is 5.10. The third-order valence-electron chi connectivity index (χ3n) is 1.84. The molecule has 1 aromatic rings. The Hall–Kier alpha value is -1.10. The van der Waals surface area contributed by atoms with Crippen molar-refractivity contribution >= 4 is 17.6 Å². The van der Waals surface area contributed by atoms with Gasteiger partial charge in [0.1, 0.15) is 0 Å². The highest BCUT2D eigenvalue weighted by atomic mass is 32.2. The van der Waals surface area contributed by atoms with Crippen LogP contribution in [-0.2, 0) is 0 Å². The van der Waals surface area contributed by atoms with Crippen LogP contribution in [0, 0.1) is 12.3 Å². The highest BCUT2D eigenvalue weighted by Crippen LogP contribution is 2.14. The van der Waals surface area contributed by atoms with Crippen LogP contribution in [-0.4, -0.2) is 21.6 Å². The Morgan fingerprint density at radius 3 is 3.00 bits per heavy atom. The first kappa shape index (κ1) is 12.0. The molecular weight excluding hydrogens is 208 g/mol. The van der Waals surface area contributed by atoms with Gasteiger partial charge in [-0.15, -0.1) is 0 Å². The van der Waals surface area contributed by atoms with E-state index < -0.39 is 0 Å². The fourth-order valence-electron chi connectivity index (χ4n) is 1.08. The van der Waals surface area contributed by atoms with E-state index >= 15 is 0 Å². The van der Waals surface area contributed by atoms with Crippen molar-refractivity contribution in [1.29, 1.82) is 5.41 Å². The summed E-state index contributed by atoms with van der Waals surface area (Å²) in [5.41, 5.74) is 6.25. The fraction of sp³-hybridized carbons (Fsp3) is 0.500. The molecule has 0 aliphatic carbocycles.